The van der Waals surface area contributed by atoms with Gasteiger partial charge in [-0.2, -0.15) is 0 Å². The molecule has 0 aromatic carbocycles. The summed E-state index contributed by atoms with van der Waals surface area (Å²) in [5, 5.41) is 8.55. The first kappa shape index (κ1) is 11.8. The topological polar surface area (TPSA) is 73.8 Å². The highest BCUT2D eigenvalue weighted by Gasteiger charge is 2.13. The number of nitrogens with zero attached hydrogens (tertiary/aromatic N) is 3. The minimum absolute atomic E-state index is 0.0626. The molecule has 2 N–H and O–H groups in total. The van der Waals surface area contributed by atoms with Gasteiger partial charge >= 0.3 is 0 Å². The van der Waals surface area contributed by atoms with Gasteiger partial charge in [0, 0.05) is 12.7 Å². The van der Waals surface area contributed by atoms with Crippen LogP contribution >= 0.6 is 11.3 Å². The molecule has 0 saturated carbocycles. The maximum Gasteiger partial charge on any atom is 0.260 e. The number of nitrogens with two attached hydrogens (primary N) is 1. The molecule has 0 bridgehead atoms. The van der Waals surface area contributed by atoms with Crippen molar-refractivity contribution in [1.82, 2.24) is 14.8 Å². The Labute approximate surface area is 103 Å². The lowest BCUT2D eigenvalue weighted by Gasteiger charge is -2.11. The summed E-state index contributed by atoms with van der Waals surface area (Å²) in [5.41, 5.74) is 7.00. The highest BCUT2D eigenvalue weighted by atomic mass is 32.1. The number of anilines is 1. The Morgan fingerprint density at radius 2 is 2.06 bits per heavy atom. The predicted octanol–water partition coefficient (Wildman–Crippen LogP) is 1.61. The van der Waals surface area contributed by atoms with Crippen LogP contribution in [0.3, 0.4) is 0 Å². The van der Waals surface area contributed by atoms with Crippen LogP contribution in [0, 0.1) is 0 Å². The van der Waals surface area contributed by atoms with Crippen molar-refractivity contribution in [2.24, 2.45) is 7.05 Å². The van der Waals surface area contributed by atoms with E-state index in [1.807, 2.05) is 6.07 Å². The molecule has 0 fully saturated rings. The smallest absolute Gasteiger partial charge is 0.260 e. The third kappa shape index (κ3) is 2.08. The molecule has 5 nitrogen and oxygen atoms in total. The van der Waals surface area contributed by atoms with Crippen LogP contribution in [0.25, 0.3) is 10.6 Å². The number of aromatic nitrogens is 3. The average Bonchev–Trinajstić information content (AvgIpc) is 2.68. The van der Waals surface area contributed by atoms with E-state index in [9.17, 15) is 4.79 Å². The highest BCUT2D eigenvalue weighted by molar-refractivity contribution is 7.18. The van der Waals surface area contributed by atoms with Gasteiger partial charge in [0.05, 0.1) is 5.56 Å². The lowest BCUT2D eigenvalue weighted by Crippen LogP contribution is -2.22. The van der Waals surface area contributed by atoms with Crippen molar-refractivity contribution in [1.29, 1.82) is 0 Å². The second-order valence-corrected chi connectivity index (χ2v) is 5.15. The normalized spacial score (nSPS) is 11.1. The predicted molar refractivity (Wildman–Crippen MR) is 69.1 cm³/mol. The third-order valence-electron chi connectivity index (χ3n) is 2.61. The van der Waals surface area contributed by atoms with Crippen LogP contribution in [-0.4, -0.2) is 14.8 Å². The summed E-state index contributed by atoms with van der Waals surface area (Å²) in [6.07, 6.45) is 0. The van der Waals surface area contributed by atoms with Gasteiger partial charge in [0.15, 0.2) is 5.01 Å². The summed E-state index contributed by atoms with van der Waals surface area (Å²) in [7, 11) is 1.77. The largest absolute Gasteiger partial charge is 0.374 e. The Morgan fingerprint density at radius 1 is 1.35 bits per heavy atom. The SMILES string of the molecule is CC(C)c1ccc(-c2nnc(N)s2)c(=O)n1C. The van der Waals surface area contributed by atoms with Crippen molar-refractivity contribution in [3.63, 3.8) is 0 Å². The molecule has 0 aliphatic heterocycles. The standard InChI is InChI=1S/C11H14N4OS/c1-6(2)8-5-4-7(10(16)15(8)3)9-13-14-11(12)17-9/h4-6H,1-3H3,(H2,12,14). The zero-order valence-corrected chi connectivity index (χ0v) is 10.8. The first-order valence-electron chi connectivity index (χ1n) is 5.30. The Balaban J connectivity index is 2.59. The lowest BCUT2D eigenvalue weighted by atomic mass is 10.1. The zero-order valence-electron chi connectivity index (χ0n) is 9.97. The Kier molecular flexibility index (Phi) is 2.97. The first-order chi connectivity index (χ1) is 8.00. The minimum atomic E-state index is -0.0626. The van der Waals surface area contributed by atoms with Crippen molar-refractivity contribution in [3.05, 3.63) is 28.2 Å². The highest BCUT2D eigenvalue weighted by Crippen LogP contribution is 2.22. The maximum absolute atomic E-state index is 12.2. The molecule has 17 heavy (non-hydrogen) atoms. The van der Waals surface area contributed by atoms with E-state index >= 15 is 0 Å². The molecule has 90 valence electrons. The summed E-state index contributed by atoms with van der Waals surface area (Å²) in [5.74, 6) is 0.307. The van der Waals surface area contributed by atoms with Crippen LogP contribution in [0.5, 0.6) is 0 Å². The second kappa shape index (κ2) is 4.29. The van der Waals surface area contributed by atoms with Crippen molar-refractivity contribution >= 4 is 16.5 Å². The Bertz CT molecular complexity index is 600. The number of pyridine rings is 1. The molecule has 0 unspecified atom stereocenters. The summed E-state index contributed by atoms with van der Waals surface area (Å²) >= 11 is 1.22. The van der Waals surface area contributed by atoms with Crippen molar-refractivity contribution < 1.29 is 0 Å². The van der Waals surface area contributed by atoms with E-state index in [1.165, 1.54) is 11.3 Å². The second-order valence-electron chi connectivity index (χ2n) is 4.14. The van der Waals surface area contributed by atoms with Crippen LogP contribution in [0.15, 0.2) is 16.9 Å². The molecule has 2 aromatic heterocycles. The summed E-state index contributed by atoms with van der Waals surface area (Å²) in [6.45, 7) is 4.11. The van der Waals surface area contributed by atoms with Gasteiger partial charge in [-0.05, 0) is 18.1 Å². The number of rotatable bonds is 2. The van der Waals surface area contributed by atoms with Gasteiger partial charge in [-0.15, -0.1) is 10.2 Å². The summed E-state index contributed by atoms with van der Waals surface area (Å²) in [6, 6.07) is 3.73. The molecule has 0 aliphatic rings. The Morgan fingerprint density at radius 3 is 2.59 bits per heavy atom. The van der Waals surface area contributed by atoms with Gasteiger partial charge in [-0.3, -0.25) is 4.79 Å². The van der Waals surface area contributed by atoms with Gasteiger partial charge in [0.25, 0.3) is 5.56 Å². The number of nitrogen functional groups attached to an aromatic ring is 1. The molecule has 2 heterocycles. The van der Waals surface area contributed by atoms with Crippen LogP contribution in [0.4, 0.5) is 5.13 Å². The van der Waals surface area contributed by atoms with E-state index in [4.69, 9.17) is 5.73 Å². The molecule has 0 atom stereocenters. The molecule has 6 heteroatoms. The van der Waals surface area contributed by atoms with Crippen molar-refractivity contribution in [2.75, 3.05) is 5.73 Å². The maximum atomic E-state index is 12.2. The van der Waals surface area contributed by atoms with E-state index in [0.29, 0.717) is 21.6 Å². The first-order valence-corrected chi connectivity index (χ1v) is 6.11. The number of hydrogen-bond donors (Lipinski definition) is 1. The van der Waals surface area contributed by atoms with Gasteiger partial charge < -0.3 is 10.3 Å². The molecule has 0 saturated heterocycles. The van der Waals surface area contributed by atoms with Gasteiger partial charge in [0.2, 0.25) is 5.13 Å². The van der Waals surface area contributed by atoms with Gasteiger partial charge in [-0.1, -0.05) is 25.2 Å². The van der Waals surface area contributed by atoms with Gasteiger partial charge in [-0.25, -0.2) is 0 Å². The van der Waals surface area contributed by atoms with Crippen LogP contribution < -0.4 is 11.3 Å². The number of hydrogen-bond acceptors (Lipinski definition) is 5. The monoisotopic (exact) mass is 250 g/mol. The van der Waals surface area contributed by atoms with E-state index in [2.05, 4.69) is 24.0 Å². The summed E-state index contributed by atoms with van der Waals surface area (Å²) < 4.78 is 1.65. The van der Waals surface area contributed by atoms with Crippen molar-refractivity contribution in [3.8, 4) is 10.6 Å². The molecule has 2 aromatic rings. The fourth-order valence-electron chi connectivity index (χ4n) is 1.74. The van der Waals surface area contributed by atoms with Crippen LogP contribution in [-0.2, 0) is 7.05 Å². The fourth-order valence-corrected chi connectivity index (χ4v) is 2.36. The third-order valence-corrected chi connectivity index (χ3v) is 3.39. The van der Waals surface area contributed by atoms with E-state index in [-0.39, 0.29) is 5.56 Å². The molecule has 0 radical (unpaired) electrons. The molecule has 0 aliphatic carbocycles. The minimum Gasteiger partial charge on any atom is -0.374 e. The van der Waals surface area contributed by atoms with Gasteiger partial charge in [0.1, 0.15) is 0 Å². The van der Waals surface area contributed by atoms with E-state index in [1.54, 1.807) is 17.7 Å². The zero-order chi connectivity index (χ0) is 12.6. The quantitative estimate of drug-likeness (QED) is 0.878. The van der Waals surface area contributed by atoms with E-state index < -0.39 is 0 Å². The van der Waals surface area contributed by atoms with E-state index in [0.717, 1.165) is 5.69 Å². The molecular formula is C11H14N4OS. The van der Waals surface area contributed by atoms with Crippen LogP contribution in [0.2, 0.25) is 0 Å². The van der Waals surface area contributed by atoms with Crippen molar-refractivity contribution in [2.45, 2.75) is 19.8 Å². The molecule has 0 spiro atoms. The Hall–Kier alpha value is -1.69. The molecular weight excluding hydrogens is 236 g/mol. The fraction of sp³-hybridized carbons (Fsp3) is 0.364. The molecule has 0 amide bonds. The summed E-state index contributed by atoms with van der Waals surface area (Å²) in [4.78, 5) is 12.2. The molecule has 2 rings (SSSR count). The average molecular weight is 250 g/mol. The van der Waals surface area contributed by atoms with Crippen LogP contribution in [0.1, 0.15) is 25.5 Å². The lowest BCUT2D eigenvalue weighted by molar-refractivity contribution is 0.708.